The second-order valence-electron chi connectivity index (χ2n) is 5.07. The number of aryl methyl sites for hydroxylation is 1. The second kappa shape index (κ2) is 5.34. The number of phenolic OH excluding ortho intramolecular Hbond substituents is 3. The molecule has 2 aromatic rings. The van der Waals surface area contributed by atoms with Gasteiger partial charge < -0.3 is 20.6 Å². The number of thiophene rings is 1. The van der Waals surface area contributed by atoms with E-state index in [1.165, 1.54) is 16.5 Å². The molecule has 0 amide bonds. The number of benzene rings is 1. The summed E-state index contributed by atoms with van der Waals surface area (Å²) in [6, 6.07) is 5.46. The molecule has 3 rings (SSSR count). The van der Waals surface area contributed by atoms with Gasteiger partial charge in [-0.25, -0.2) is 0 Å². The molecule has 0 fully saturated rings. The van der Waals surface area contributed by atoms with E-state index in [0.29, 0.717) is 18.2 Å². The van der Waals surface area contributed by atoms with Crippen molar-refractivity contribution in [2.75, 3.05) is 0 Å². The van der Waals surface area contributed by atoms with E-state index >= 15 is 0 Å². The average molecular weight is 291 g/mol. The Morgan fingerprint density at radius 3 is 2.85 bits per heavy atom. The molecule has 1 aliphatic carbocycles. The highest BCUT2D eigenvalue weighted by Crippen LogP contribution is 2.38. The molecule has 0 saturated heterocycles. The third-order valence-corrected chi connectivity index (χ3v) is 4.80. The van der Waals surface area contributed by atoms with Crippen LogP contribution < -0.4 is 5.32 Å². The molecule has 5 heteroatoms. The van der Waals surface area contributed by atoms with Gasteiger partial charge in [0.25, 0.3) is 0 Å². The molecule has 1 aliphatic rings. The quantitative estimate of drug-likeness (QED) is 0.656. The van der Waals surface area contributed by atoms with E-state index in [-0.39, 0.29) is 11.5 Å². The van der Waals surface area contributed by atoms with E-state index < -0.39 is 5.75 Å². The van der Waals surface area contributed by atoms with Crippen LogP contribution in [-0.2, 0) is 13.0 Å². The maximum absolute atomic E-state index is 9.82. The van der Waals surface area contributed by atoms with Gasteiger partial charge in [0.05, 0.1) is 0 Å². The molecule has 0 radical (unpaired) electrons. The lowest BCUT2D eigenvalue weighted by Gasteiger charge is -2.24. The molecule has 1 unspecified atom stereocenters. The van der Waals surface area contributed by atoms with Crippen LogP contribution in [-0.4, -0.2) is 15.3 Å². The summed E-state index contributed by atoms with van der Waals surface area (Å²) in [5.41, 5.74) is 1.94. The van der Waals surface area contributed by atoms with Gasteiger partial charge in [0.2, 0.25) is 5.75 Å². The first kappa shape index (κ1) is 13.3. The maximum atomic E-state index is 9.82. The molecule has 1 atom stereocenters. The summed E-state index contributed by atoms with van der Waals surface area (Å²) in [4.78, 5) is 1.44. The van der Waals surface area contributed by atoms with Crippen LogP contribution >= 0.6 is 11.3 Å². The van der Waals surface area contributed by atoms with Gasteiger partial charge >= 0.3 is 0 Å². The zero-order valence-corrected chi connectivity index (χ0v) is 11.8. The number of hydrogen-bond donors (Lipinski definition) is 4. The van der Waals surface area contributed by atoms with Crippen LogP contribution in [0, 0.1) is 0 Å². The van der Waals surface area contributed by atoms with Crippen molar-refractivity contribution in [2.45, 2.75) is 31.8 Å². The zero-order valence-electron chi connectivity index (χ0n) is 11.0. The molecule has 1 heterocycles. The van der Waals surface area contributed by atoms with Crippen molar-refractivity contribution in [3.05, 3.63) is 39.6 Å². The number of rotatable bonds is 3. The number of nitrogens with one attached hydrogen (secondary N) is 1. The normalized spacial score (nSPS) is 17.9. The summed E-state index contributed by atoms with van der Waals surface area (Å²) < 4.78 is 0. The molecule has 0 aliphatic heterocycles. The van der Waals surface area contributed by atoms with Crippen molar-refractivity contribution in [2.24, 2.45) is 0 Å². The lowest BCUT2D eigenvalue weighted by molar-refractivity contribution is 0.362. The topological polar surface area (TPSA) is 72.7 Å². The summed E-state index contributed by atoms with van der Waals surface area (Å²) in [7, 11) is 0. The van der Waals surface area contributed by atoms with Crippen molar-refractivity contribution >= 4 is 11.3 Å². The molecule has 0 spiro atoms. The third-order valence-electron chi connectivity index (χ3n) is 3.80. The highest BCUT2D eigenvalue weighted by Gasteiger charge is 2.21. The molecular formula is C15H17NO3S. The van der Waals surface area contributed by atoms with Gasteiger partial charge in [0.15, 0.2) is 11.5 Å². The van der Waals surface area contributed by atoms with E-state index in [2.05, 4.69) is 16.8 Å². The van der Waals surface area contributed by atoms with Crippen LogP contribution in [0.4, 0.5) is 0 Å². The van der Waals surface area contributed by atoms with Crippen molar-refractivity contribution < 1.29 is 15.3 Å². The number of hydrogen-bond acceptors (Lipinski definition) is 5. The van der Waals surface area contributed by atoms with E-state index in [4.69, 9.17) is 0 Å². The Balaban J connectivity index is 1.74. The Bertz CT molecular complexity index is 624. The van der Waals surface area contributed by atoms with Crippen LogP contribution in [0.2, 0.25) is 0 Å². The summed E-state index contributed by atoms with van der Waals surface area (Å²) >= 11 is 1.80. The Morgan fingerprint density at radius 1 is 1.15 bits per heavy atom. The van der Waals surface area contributed by atoms with Crippen molar-refractivity contribution in [3.63, 3.8) is 0 Å². The van der Waals surface area contributed by atoms with Crippen LogP contribution in [0.1, 0.15) is 34.9 Å². The molecule has 4 nitrogen and oxygen atoms in total. The number of aromatic hydroxyl groups is 3. The number of phenols is 3. The van der Waals surface area contributed by atoms with Gasteiger partial charge in [-0.15, -0.1) is 11.3 Å². The second-order valence-corrected chi connectivity index (χ2v) is 6.07. The molecule has 1 aromatic carbocycles. The van der Waals surface area contributed by atoms with E-state index in [1.54, 1.807) is 17.4 Å². The van der Waals surface area contributed by atoms with Gasteiger partial charge in [-0.1, -0.05) is 6.07 Å². The summed E-state index contributed by atoms with van der Waals surface area (Å²) in [6.07, 6.45) is 3.39. The van der Waals surface area contributed by atoms with E-state index in [0.717, 1.165) is 19.3 Å². The largest absolute Gasteiger partial charge is 0.504 e. The summed E-state index contributed by atoms with van der Waals surface area (Å²) in [5.74, 6) is -1.01. The van der Waals surface area contributed by atoms with E-state index in [9.17, 15) is 15.3 Å². The van der Waals surface area contributed by atoms with Crippen LogP contribution in [0.25, 0.3) is 0 Å². The molecule has 1 aromatic heterocycles. The Hall–Kier alpha value is -1.72. The van der Waals surface area contributed by atoms with Gasteiger partial charge in [0, 0.05) is 23.0 Å². The fraction of sp³-hybridized carbons (Fsp3) is 0.333. The lowest BCUT2D eigenvalue weighted by atomic mass is 9.94. The smallest absolute Gasteiger partial charge is 0.200 e. The van der Waals surface area contributed by atoms with Gasteiger partial charge in [-0.3, -0.25) is 0 Å². The minimum atomic E-state index is -0.454. The van der Waals surface area contributed by atoms with E-state index in [1.807, 2.05) is 0 Å². The predicted octanol–water partition coefficient (Wildman–Crippen LogP) is 3.03. The third kappa shape index (κ3) is 2.34. The molecule has 106 valence electrons. The van der Waals surface area contributed by atoms with Crippen molar-refractivity contribution in [1.29, 1.82) is 0 Å². The average Bonchev–Trinajstić information content (AvgIpc) is 2.93. The molecule has 20 heavy (non-hydrogen) atoms. The molecule has 4 N–H and O–H groups in total. The minimum absolute atomic E-state index is 0.251. The Kier molecular flexibility index (Phi) is 3.54. The molecule has 0 bridgehead atoms. The minimum Gasteiger partial charge on any atom is -0.504 e. The molecule has 0 saturated carbocycles. The fourth-order valence-corrected chi connectivity index (χ4v) is 3.67. The Morgan fingerprint density at radius 2 is 2.00 bits per heavy atom. The first-order valence-corrected chi connectivity index (χ1v) is 7.57. The first-order chi connectivity index (χ1) is 9.66. The summed E-state index contributed by atoms with van der Waals surface area (Å²) in [5, 5.41) is 34.2. The van der Waals surface area contributed by atoms with Crippen molar-refractivity contribution in [3.8, 4) is 17.2 Å². The monoisotopic (exact) mass is 291 g/mol. The maximum Gasteiger partial charge on any atom is 0.200 e. The van der Waals surface area contributed by atoms with Gasteiger partial charge in [-0.2, -0.15) is 0 Å². The number of fused-ring (bicyclic) bond motifs is 1. The first-order valence-electron chi connectivity index (χ1n) is 6.69. The predicted molar refractivity (Wildman–Crippen MR) is 78.3 cm³/mol. The zero-order chi connectivity index (χ0) is 14.1. The highest BCUT2D eigenvalue weighted by atomic mass is 32.1. The standard InChI is InChI=1S/C15H17NO3S/c17-12-5-4-9(14(18)15(12)19)8-16-11-2-1-3-13-10(11)6-7-20-13/h4-7,11,16-19H,1-3,8H2. The van der Waals surface area contributed by atoms with Crippen LogP contribution in [0.15, 0.2) is 23.6 Å². The Labute approximate surface area is 121 Å². The fourth-order valence-electron chi connectivity index (χ4n) is 2.69. The molecular weight excluding hydrogens is 274 g/mol. The van der Waals surface area contributed by atoms with Crippen molar-refractivity contribution in [1.82, 2.24) is 5.32 Å². The van der Waals surface area contributed by atoms with Crippen LogP contribution in [0.3, 0.4) is 0 Å². The SMILES string of the molecule is Oc1ccc(CNC2CCCc3sccc32)c(O)c1O. The van der Waals surface area contributed by atoms with Gasteiger partial charge in [-0.05, 0) is 42.3 Å². The lowest BCUT2D eigenvalue weighted by Crippen LogP contribution is -2.23. The highest BCUT2D eigenvalue weighted by molar-refractivity contribution is 7.10. The van der Waals surface area contributed by atoms with Crippen LogP contribution in [0.5, 0.6) is 17.2 Å². The van der Waals surface area contributed by atoms with Gasteiger partial charge in [0.1, 0.15) is 0 Å². The summed E-state index contributed by atoms with van der Waals surface area (Å²) in [6.45, 7) is 0.458.